The molecule has 11 rings (SSSR count). The maximum Gasteiger partial charge on any atom is 0.475 e. The summed E-state index contributed by atoms with van der Waals surface area (Å²) in [4.78, 5) is 52.9. The molecule has 137 heavy (non-hydrogen) atoms. The summed E-state index contributed by atoms with van der Waals surface area (Å²) in [6.45, 7) is -12.8. The van der Waals surface area contributed by atoms with Crippen LogP contribution in [-0.2, 0) is 123 Å². The normalized spacial score (nSPS) is 49.7. The lowest BCUT2D eigenvalue weighted by atomic mass is 9.89. The van der Waals surface area contributed by atoms with Crippen LogP contribution in [0.25, 0.3) is 0 Å². The van der Waals surface area contributed by atoms with Gasteiger partial charge < -0.3 is 296 Å². The SMILES string of the molecule is N[C@H]1[C@H](OC[C@H]2O[C@H](O)[C@H](O)[C@@H](O)[C@@H]2O)O[C@H](CO[C@]2(C(=O)O)C[C@@H](O[C@]3(C(=O)O)C[C@@H](O)[C@@H](O)[C@@H]([C@H](O)CO)O3)[C@@H](O[C@H]3O[C@H]([C@@H](O)CO)[C@@H](O[C@@H]4O[C@H](CO)[C@@H](O)[C@H](O)[C@H]4O)[C@H](O[C@H]4O[C@H]([C@@H](O)CO[C@H]5O[C@H]([C@@H](O)CO)[C@@H](O)[C@H](O)[C@@H]5O)[C@@H](O)[C@H](O[C@H]5O[C@H](C(=O)O)[C@H](O)[C@H](O)[C@H]5O)[C@@H]4O)[C@@H]3O)[C@@H]([C@H](O)CO[C@@H]3OC[C@H](N)[C@H](O)[C@H]3O)O2)[C@@H](OP(=O)(O)O[C@@H]2OC[C@H](N)[C@H](O)[C@H]2O)[C@@H]1O. The van der Waals surface area contributed by atoms with Gasteiger partial charge in [0.25, 0.3) is 11.6 Å². The highest BCUT2D eigenvalue weighted by Gasteiger charge is 2.67. The number of hydrogen-bond acceptors (Lipinski definition) is 61. The number of aliphatic hydroxyl groups is 32. The lowest BCUT2D eigenvalue weighted by molar-refractivity contribution is -0.418. The number of ether oxygens (including phenoxy) is 20. The fraction of sp³-hybridized carbons (Fsp3) is 0.958. The van der Waals surface area contributed by atoms with Gasteiger partial charge in [0, 0.05) is 12.8 Å². The van der Waals surface area contributed by atoms with Crippen LogP contribution in [0, 0.1) is 0 Å². The van der Waals surface area contributed by atoms with Gasteiger partial charge in [-0.05, 0) is 0 Å². The van der Waals surface area contributed by atoms with Crippen molar-refractivity contribution in [3.8, 4) is 0 Å². The summed E-state index contributed by atoms with van der Waals surface area (Å²) >= 11 is 0. The van der Waals surface area contributed by atoms with Gasteiger partial charge in [0.05, 0.1) is 96.4 Å². The molecule has 57 atom stereocenters. The van der Waals surface area contributed by atoms with Crippen LogP contribution < -0.4 is 17.2 Å². The van der Waals surface area contributed by atoms with Crippen LogP contribution in [-0.4, -0.2) is 610 Å². The van der Waals surface area contributed by atoms with Crippen molar-refractivity contribution in [2.75, 3.05) is 66.1 Å². The maximum atomic E-state index is 14.8. The molecule has 0 aromatic carbocycles. The van der Waals surface area contributed by atoms with E-state index in [4.69, 9.17) is 121 Å². The molecule has 11 fully saturated rings. The van der Waals surface area contributed by atoms with Crippen LogP contribution in [0.3, 0.4) is 0 Å². The Bertz CT molecular complexity index is 3860. The fourth-order valence-corrected chi connectivity index (χ4v) is 17.9. The molecule has 0 amide bonds. The molecule has 0 aromatic rings. The molecule has 65 nitrogen and oxygen atoms in total. The molecule has 66 heteroatoms. The highest BCUT2D eigenvalue weighted by molar-refractivity contribution is 7.47. The van der Waals surface area contributed by atoms with E-state index in [1.54, 1.807) is 0 Å². The second kappa shape index (κ2) is 47.4. The average Bonchev–Trinajstić information content (AvgIpc) is 0.736. The number of aliphatic carboxylic acids is 3. The average molecular weight is 2040 g/mol. The van der Waals surface area contributed by atoms with E-state index in [1.807, 2.05) is 0 Å². The molecule has 0 spiro atoms. The van der Waals surface area contributed by atoms with Crippen molar-refractivity contribution in [2.24, 2.45) is 17.2 Å². The van der Waals surface area contributed by atoms with E-state index >= 15 is 0 Å². The predicted molar refractivity (Wildman–Crippen MR) is 408 cm³/mol. The molecule has 11 saturated heterocycles. The summed E-state index contributed by atoms with van der Waals surface area (Å²) in [7, 11) is -6.09. The van der Waals surface area contributed by atoms with Crippen molar-refractivity contribution in [2.45, 2.75) is 356 Å². The zero-order valence-electron chi connectivity index (χ0n) is 71.1. The summed E-state index contributed by atoms with van der Waals surface area (Å²) in [5.41, 5.74) is 18.0. The van der Waals surface area contributed by atoms with Gasteiger partial charge in [0.15, 0.2) is 62.7 Å². The first-order chi connectivity index (χ1) is 64.2. The third-order valence-electron chi connectivity index (χ3n) is 24.7. The van der Waals surface area contributed by atoms with Crippen molar-refractivity contribution in [3.05, 3.63) is 0 Å². The Hall–Kier alpha value is -3.68. The third-order valence-corrected chi connectivity index (χ3v) is 25.7. The Balaban J connectivity index is 1.05. The van der Waals surface area contributed by atoms with Crippen molar-refractivity contribution in [3.63, 3.8) is 0 Å². The van der Waals surface area contributed by atoms with Gasteiger partial charge in [-0.2, -0.15) is 0 Å². The van der Waals surface area contributed by atoms with Crippen molar-refractivity contribution >= 4 is 25.7 Å². The minimum absolute atomic E-state index is 0.688. The number of carboxylic acid groups (broad SMARTS) is 3. The van der Waals surface area contributed by atoms with E-state index in [-0.39, 0.29) is 0 Å². The Morgan fingerprint density at radius 1 is 0.365 bits per heavy atom. The number of phosphoric ester groups is 1. The van der Waals surface area contributed by atoms with Crippen molar-refractivity contribution in [1.29, 1.82) is 0 Å². The number of carboxylic acids is 3. The van der Waals surface area contributed by atoms with E-state index in [0.29, 0.717) is 0 Å². The molecular weight excluding hydrogens is 1920 g/mol. The van der Waals surface area contributed by atoms with Crippen LogP contribution in [0.2, 0.25) is 0 Å². The fourth-order valence-electron chi connectivity index (χ4n) is 16.8. The Kier molecular flexibility index (Phi) is 39.3. The number of phosphoric acid groups is 1. The third kappa shape index (κ3) is 24.6. The zero-order chi connectivity index (χ0) is 101. The van der Waals surface area contributed by atoms with E-state index in [9.17, 15) is 203 Å². The highest BCUT2D eigenvalue weighted by atomic mass is 31.2. The molecule has 11 aliphatic rings. The summed E-state index contributed by atoms with van der Waals surface area (Å²) in [6.07, 6.45) is -132. The minimum Gasteiger partial charge on any atom is -0.479 e. The van der Waals surface area contributed by atoms with Crippen molar-refractivity contribution in [1.82, 2.24) is 0 Å². The summed E-state index contributed by atoms with van der Waals surface area (Å²) < 4.78 is 140. The van der Waals surface area contributed by atoms with Crippen LogP contribution in [0.1, 0.15) is 12.8 Å². The smallest absolute Gasteiger partial charge is 0.475 e. The predicted octanol–water partition coefficient (Wildman–Crippen LogP) is -25.8. The largest absolute Gasteiger partial charge is 0.479 e. The summed E-state index contributed by atoms with van der Waals surface area (Å²) in [5.74, 6) is -15.0. The van der Waals surface area contributed by atoms with Crippen LogP contribution in [0.4, 0.5) is 0 Å². The molecule has 796 valence electrons. The van der Waals surface area contributed by atoms with Crippen LogP contribution >= 0.6 is 7.82 Å². The molecule has 1 unspecified atom stereocenters. The Morgan fingerprint density at radius 3 is 1.41 bits per heavy atom. The van der Waals surface area contributed by atoms with Gasteiger partial charge in [0.2, 0.25) is 0 Å². The van der Waals surface area contributed by atoms with Gasteiger partial charge in [0.1, 0.15) is 238 Å². The van der Waals surface area contributed by atoms with Crippen LogP contribution in [0.15, 0.2) is 0 Å². The molecule has 0 radical (unpaired) electrons. The minimum atomic E-state index is -6.09. The Morgan fingerprint density at radius 2 is 0.818 bits per heavy atom. The molecule has 0 saturated carbocycles. The van der Waals surface area contributed by atoms with Crippen molar-refractivity contribution < 1.29 is 306 Å². The van der Waals surface area contributed by atoms with E-state index in [0.717, 1.165) is 0 Å². The molecule has 42 N–H and O–H groups in total. The monoisotopic (exact) mass is 2040 g/mol. The number of hydrogen-bond donors (Lipinski definition) is 39. The van der Waals surface area contributed by atoms with Gasteiger partial charge >= 0.3 is 25.7 Å². The molecular formula is C71H120N3O62P. The van der Waals surface area contributed by atoms with E-state index in [2.05, 4.69) is 0 Å². The first kappa shape index (κ1) is 114. The van der Waals surface area contributed by atoms with Gasteiger partial charge in [-0.3, -0.25) is 9.05 Å². The van der Waals surface area contributed by atoms with Crippen LogP contribution in [0.5, 0.6) is 0 Å². The number of aliphatic hydroxyl groups excluding tert-OH is 32. The molecule has 11 aliphatic heterocycles. The van der Waals surface area contributed by atoms with Gasteiger partial charge in [-0.25, -0.2) is 18.9 Å². The molecule has 0 aliphatic carbocycles. The molecule has 0 aromatic heterocycles. The second-order valence-electron chi connectivity index (χ2n) is 34.3. The van der Waals surface area contributed by atoms with E-state index < -0.39 is 447 Å². The quantitative estimate of drug-likeness (QED) is 0.0255. The summed E-state index contributed by atoms with van der Waals surface area (Å²) in [6, 6.07) is -4.93. The lowest BCUT2D eigenvalue weighted by Crippen LogP contribution is -2.71. The number of carbonyl (C=O) groups is 3. The lowest BCUT2D eigenvalue weighted by Gasteiger charge is -2.53. The number of rotatable bonds is 38. The second-order valence-corrected chi connectivity index (χ2v) is 35.6. The van der Waals surface area contributed by atoms with Gasteiger partial charge in [-0.1, -0.05) is 0 Å². The standard InChI is InChI=1S/C71H120N3O62P/c72-13-7-115-61(39(98)26(13)85)117-10-20(84)51-53(21(132-71(69(111)112)1-15(79)28(87)49(133-71)17(81)4-76)2-70(134-51,68(109)110)120-12-24-52(135-137(113,114)136-63-40(99)27(86)14(73)8-116-63)31(90)25(74)60(123-24)119-11-23-30(89)32(91)38(97)59(108)121-23)127-67-46(105)55(57(50(126-67)18(82)5-77)131-64-42(101)33(92)29(88)22(6-78)122-64)129-66-45(104)54(128-65-43(102)35(94)37(96)56(130-65)58(106)107)44(103)48(125-66)19(83)9-118-62-41(100)34(93)36(95)47(124-62)16(80)3-75/h13-57,59-67,75-105,108H,1-12,72-74H2,(H,106,107)(H,109,110)(H,111,112)(H,113,114)/t13-,14-,15+,16-,17+,18-,19-,20+,21+,22+,23+,24+,25+,26-,27-,28+,29+,30+,31+,32-,33-,34-,35-,36-,37+,38+,39+,40+,41-,42+,43+,44+,45-,46-,47+,48+,49+,50+,51+,52+,53+,54-,55+,56-,57+,59-,60+,61-,62-,63-,64-,65-,66+,67+,70+,71+/m0/s1. The summed E-state index contributed by atoms with van der Waals surface area (Å²) in [5, 5.41) is 391. The topological polar surface area (TPSA) is 1080 Å². The zero-order valence-corrected chi connectivity index (χ0v) is 72.0. The van der Waals surface area contributed by atoms with Gasteiger partial charge in [-0.15, -0.1) is 0 Å². The highest BCUT2D eigenvalue weighted by Crippen LogP contribution is 2.51. The first-order valence-electron chi connectivity index (χ1n) is 42.3. The number of nitrogens with two attached hydrogens (primary N) is 3. The molecule has 0 bridgehead atoms. The molecule has 11 heterocycles. The first-order valence-corrected chi connectivity index (χ1v) is 43.8. The van der Waals surface area contributed by atoms with E-state index in [1.165, 1.54) is 0 Å². The Labute approximate surface area is 768 Å². The maximum absolute atomic E-state index is 14.8.